The number of aliphatic imine (C=N–C) groups is 1. The van der Waals surface area contributed by atoms with E-state index < -0.39 is 0 Å². The Kier molecular flexibility index (Phi) is 2.75. The number of nitrogens with zero attached hydrogens (tertiary/aromatic N) is 1. The maximum absolute atomic E-state index is 7.13. The molecule has 2 heteroatoms. The summed E-state index contributed by atoms with van der Waals surface area (Å²) in [6, 6.07) is 5.86. The SMILES string of the molecule is CC=Nc1cc(C)ccc1C=N. The number of hydrogen-bond acceptors (Lipinski definition) is 2. The quantitative estimate of drug-likeness (QED) is 0.646. The normalized spacial score (nSPS) is 10.5. The molecule has 1 rings (SSSR count). The van der Waals surface area contributed by atoms with Gasteiger partial charge in [0.15, 0.2) is 0 Å². The van der Waals surface area contributed by atoms with Crippen LogP contribution >= 0.6 is 0 Å². The number of nitrogens with one attached hydrogen (secondary N) is 1. The molecule has 1 aromatic carbocycles. The van der Waals surface area contributed by atoms with E-state index in [1.54, 1.807) is 6.21 Å². The first-order valence-electron chi connectivity index (χ1n) is 3.87. The molecular weight excluding hydrogens is 148 g/mol. The second-order valence-corrected chi connectivity index (χ2v) is 2.59. The van der Waals surface area contributed by atoms with E-state index in [4.69, 9.17) is 5.41 Å². The molecule has 0 saturated carbocycles. The van der Waals surface area contributed by atoms with Crippen molar-refractivity contribution in [3.8, 4) is 0 Å². The molecule has 2 nitrogen and oxygen atoms in total. The van der Waals surface area contributed by atoms with Crippen molar-refractivity contribution in [2.45, 2.75) is 13.8 Å². The van der Waals surface area contributed by atoms with Crippen molar-refractivity contribution >= 4 is 18.1 Å². The molecule has 0 unspecified atom stereocenters. The summed E-state index contributed by atoms with van der Waals surface area (Å²) in [7, 11) is 0. The minimum absolute atomic E-state index is 0.860. The third-order valence-electron chi connectivity index (χ3n) is 1.61. The second-order valence-electron chi connectivity index (χ2n) is 2.59. The molecule has 0 saturated heterocycles. The van der Waals surface area contributed by atoms with Crippen molar-refractivity contribution < 1.29 is 0 Å². The first-order valence-corrected chi connectivity index (χ1v) is 3.87. The molecule has 62 valence electrons. The van der Waals surface area contributed by atoms with E-state index in [9.17, 15) is 0 Å². The molecule has 0 heterocycles. The Bertz CT molecular complexity index is 314. The Morgan fingerprint density at radius 2 is 2.17 bits per heavy atom. The third kappa shape index (κ3) is 1.78. The topological polar surface area (TPSA) is 36.2 Å². The van der Waals surface area contributed by atoms with Crippen LogP contribution in [0.4, 0.5) is 5.69 Å². The lowest BCUT2D eigenvalue weighted by Gasteiger charge is -1.99. The van der Waals surface area contributed by atoms with Crippen LogP contribution in [0.15, 0.2) is 23.2 Å². The van der Waals surface area contributed by atoms with Crippen LogP contribution in [0.5, 0.6) is 0 Å². The first kappa shape index (κ1) is 8.65. The van der Waals surface area contributed by atoms with E-state index in [1.165, 1.54) is 11.8 Å². The highest BCUT2D eigenvalue weighted by molar-refractivity contribution is 5.85. The van der Waals surface area contributed by atoms with Gasteiger partial charge in [0.25, 0.3) is 0 Å². The lowest BCUT2D eigenvalue weighted by atomic mass is 10.1. The Hall–Kier alpha value is -1.44. The maximum atomic E-state index is 7.13. The molecule has 1 aromatic rings. The highest BCUT2D eigenvalue weighted by Gasteiger charge is 1.96. The molecule has 0 amide bonds. The Morgan fingerprint density at radius 1 is 1.42 bits per heavy atom. The first-order chi connectivity index (χ1) is 5.77. The highest BCUT2D eigenvalue weighted by atomic mass is 14.7. The van der Waals surface area contributed by atoms with Crippen molar-refractivity contribution in [1.82, 2.24) is 0 Å². The minimum atomic E-state index is 0.860. The van der Waals surface area contributed by atoms with Gasteiger partial charge in [-0.05, 0) is 25.5 Å². The molecule has 0 spiro atoms. The molecule has 0 aromatic heterocycles. The molecular formula is C10H12N2. The summed E-state index contributed by atoms with van der Waals surface area (Å²) in [6.45, 7) is 3.89. The van der Waals surface area contributed by atoms with Gasteiger partial charge in [-0.3, -0.25) is 4.99 Å². The molecule has 0 fully saturated rings. The lowest BCUT2D eigenvalue weighted by molar-refractivity contribution is 1.41. The zero-order valence-corrected chi connectivity index (χ0v) is 7.33. The summed E-state index contributed by atoms with van der Waals surface area (Å²) < 4.78 is 0. The Balaban J connectivity index is 3.20. The van der Waals surface area contributed by atoms with E-state index in [1.807, 2.05) is 32.0 Å². The van der Waals surface area contributed by atoms with Crippen molar-refractivity contribution in [2.75, 3.05) is 0 Å². The highest BCUT2D eigenvalue weighted by Crippen LogP contribution is 2.18. The van der Waals surface area contributed by atoms with Gasteiger partial charge in [0, 0.05) is 18.0 Å². The summed E-state index contributed by atoms with van der Waals surface area (Å²) >= 11 is 0. The standard InChI is InChI=1S/C10H12N2/c1-3-12-10-6-8(2)4-5-9(10)7-11/h3-7,11H,1-2H3. The number of aryl methyl sites for hydroxylation is 1. The fourth-order valence-corrected chi connectivity index (χ4v) is 1.03. The van der Waals surface area contributed by atoms with Crippen LogP contribution in [0.3, 0.4) is 0 Å². The molecule has 0 aliphatic carbocycles. The summed E-state index contributed by atoms with van der Waals surface area (Å²) in [5.41, 5.74) is 2.90. The van der Waals surface area contributed by atoms with Crippen molar-refractivity contribution in [2.24, 2.45) is 4.99 Å². The fraction of sp³-hybridized carbons (Fsp3) is 0.200. The number of rotatable bonds is 2. The van der Waals surface area contributed by atoms with Crippen LogP contribution in [-0.2, 0) is 0 Å². The van der Waals surface area contributed by atoms with Gasteiger partial charge in [-0.1, -0.05) is 12.1 Å². The summed E-state index contributed by atoms with van der Waals surface area (Å²) in [5.74, 6) is 0. The minimum Gasteiger partial charge on any atom is -0.308 e. The van der Waals surface area contributed by atoms with E-state index in [-0.39, 0.29) is 0 Å². The van der Waals surface area contributed by atoms with Gasteiger partial charge in [0.05, 0.1) is 5.69 Å². The summed E-state index contributed by atoms with van der Waals surface area (Å²) in [6.07, 6.45) is 3.06. The van der Waals surface area contributed by atoms with Crippen molar-refractivity contribution in [1.29, 1.82) is 5.41 Å². The van der Waals surface area contributed by atoms with Crippen LogP contribution in [0.1, 0.15) is 18.1 Å². The zero-order valence-electron chi connectivity index (χ0n) is 7.33. The molecule has 0 bridgehead atoms. The van der Waals surface area contributed by atoms with E-state index in [0.717, 1.165) is 11.3 Å². The predicted octanol–water partition coefficient (Wildman–Crippen LogP) is 2.71. The lowest BCUT2D eigenvalue weighted by Crippen LogP contribution is -1.82. The number of benzene rings is 1. The van der Waals surface area contributed by atoms with E-state index in [0.29, 0.717) is 0 Å². The van der Waals surface area contributed by atoms with Gasteiger partial charge in [0.1, 0.15) is 0 Å². The van der Waals surface area contributed by atoms with Gasteiger partial charge in [-0.15, -0.1) is 0 Å². The Labute approximate surface area is 72.5 Å². The molecule has 1 N–H and O–H groups in total. The largest absolute Gasteiger partial charge is 0.308 e. The molecule has 12 heavy (non-hydrogen) atoms. The molecule has 0 radical (unpaired) electrons. The second kappa shape index (κ2) is 3.81. The number of hydrogen-bond donors (Lipinski definition) is 1. The summed E-state index contributed by atoms with van der Waals surface area (Å²) in [5, 5.41) is 7.13. The fourth-order valence-electron chi connectivity index (χ4n) is 1.03. The van der Waals surface area contributed by atoms with Crippen LogP contribution in [-0.4, -0.2) is 12.4 Å². The average molecular weight is 160 g/mol. The molecule has 0 atom stereocenters. The van der Waals surface area contributed by atoms with Gasteiger partial charge in [0.2, 0.25) is 0 Å². The van der Waals surface area contributed by atoms with Gasteiger partial charge in [-0.25, -0.2) is 0 Å². The molecule has 0 aliphatic rings. The van der Waals surface area contributed by atoms with Crippen LogP contribution < -0.4 is 0 Å². The predicted molar refractivity (Wildman–Crippen MR) is 52.9 cm³/mol. The summed E-state index contributed by atoms with van der Waals surface area (Å²) in [4.78, 5) is 4.16. The van der Waals surface area contributed by atoms with Crippen molar-refractivity contribution in [3.05, 3.63) is 29.3 Å². The van der Waals surface area contributed by atoms with Crippen LogP contribution in [0.2, 0.25) is 0 Å². The van der Waals surface area contributed by atoms with Crippen LogP contribution in [0.25, 0.3) is 0 Å². The smallest absolute Gasteiger partial charge is 0.0715 e. The van der Waals surface area contributed by atoms with E-state index in [2.05, 4.69) is 4.99 Å². The van der Waals surface area contributed by atoms with E-state index >= 15 is 0 Å². The van der Waals surface area contributed by atoms with Gasteiger partial charge < -0.3 is 5.41 Å². The maximum Gasteiger partial charge on any atom is 0.0715 e. The average Bonchev–Trinajstić information content (AvgIpc) is 2.05. The van der Waals surface area contributed by atoms with Gasteiger partial charge >= 0.3 is 0 Å². The monoisotopic (exact) mass is 160 g/mol. The van der Waals surface area contributed by atoms with Gasteiger partial charge in [-0.2, -0.15) is 0 Å². The third-order valence-corrected chi connectivity index (χ3v) is 1.61. The zero-order chi connectivity index (χ0) is 8.97. The molecule has 0 aliphatic heterocycles. The van der Waals surface area contributed by atoms with Crippen LogP contribution in [0, 0.1) is 12.3 Å². The van der Waals surface area contributed by atoms with Crippen molar-refractivity contribution in [3.63, 3.8) is 0 Å². The Morgan fingerprint density at radius 3 is 2.75 bits per heavy atom.